The van der Waals surface area contributed by atoms with Crippen molar-refractivity contribution in [2.24, 2.45) is 0 Å². The second kappa shape index (κ2) is 5.11. The monoisotopic (exact) mass is 205 g/mol. The quantitative estimate of drug-likeness (QED) is 0.759. The van der Waals surface area contributed by atoms with Gasteiger partial charge in [0.2, 0.25) is 0 Å². The van der Waals surface area contributed by atoms with Crippen molar-refractivity contribution in [3.05, 3.63) is 18.2 Å². The van der Waals surface area contributed by atoms with Crippen molar-refractivity contribution in [3.63, 3.8) is 0 Å². The molecule has 0 bridgehead atoms. The van der Waals surface area contributed by atoms with Crippen LogP contribution in [0, 0.1) is 11.3 Å². The maximum Gasteiger partial charge on any atom is 0.121 e. The Labute approximate surface area is 89.9 Å². The average molecular weight is 205 g/mol. The summed E-state index contributed by atoms with van der Waals surface area (Å²) < 4.78 is 5.12. The Bertz CT molecular complexity index is 371. The fourth-order valence-corrected chi connectivity index (χ4v) is 1.32. The van der Waals surface area contributed by atoms with Crippen LogP contribution in [0.2, 0.25) is 0 Å². The molecule has 0 aromatic heterocycles. The zero-order chi connectivity index (χ0) is 11.3. The summed E-state index contributed by atoms with van der Waals surface area (Å²) in [6.07, 6.45) is 0.479. The Morgan fingerprint density at radius 3 is 2.87 bits per heavy atom. The maximum absolute atomic E-state index is 8.50. The van der Waals surface area contributed by atoms with Crippen LogP contribution in [-0.4, -0.2) is 20.7 Å². The van der Waals surface area contributed by atoms with Crippen LogP contribution in [0.5, 0.6) is 5.75 Å². The van der Waals surface area contributed by atoms with Crippen LogP contribution in [0.1, 0.15) is 6.42 Å². The van der Waals surface area contributed by atoms with Crippen molar-refractivity contribution in [2.45, 2.75) is 6.42 Å². The molecule has 80 valence electrons. The number of nitrogen functional groups attached to an aromatic ring is 1. The summed E-state index contributed by atoms with van der Waals surface area (Å²) in [5, 5.41) is 8.50. The predicted octanol–water partition coefficient (Wildman–Crippen LogP) is 1.63. The first-order chi connectivity index (χ1) is 7.19. The molecule has 1 aromatic carbocycles. The smallest absolute Gasteiger partial charge is 0.121 e. The van der Waals surface area contributed by atoms with Gasteiger partial charge in [0.25, 0.3) is 0 Å². The molecule has 4 nitrogen and oxygen atoms in total. The molecule has 0 fully saturated rings. The van der Waals surface area contributed by atoms with Crippen LogP contribution in [0.3, 0.4) is 0 Å². The van der Waals surface area contributed by atoms with E-state index in [1.165, 1.54) is 0 Å². The maximum atomic E-state index is 8.50. The summed E-state index contributed by atoms with van der Waals surface area (Å²) in [4.78, 5) is 1.95. The first-order valence-electron chi connectivity index (χ1n) is 4.70. The van der Waals surface area contributed by atoms with Gasteiger partial charge in [0, 0.05) is 19.7 Å². The summed E-state index contributed by atoms with van der Waals surface area (Å²) in [6, 6.07) is 7.59. The molecule has 0 radical (unpaired) electrons. The first kappa shape index (κ1) is 11.2. The summed E-state index contributed by atoms with van der Waals surface area (Å²) in [7, 11) is 3.52. The summed E-state index contributed by atoms with van der Waals surface area (Å²) >= 11 is 0. The number of hydrogen-bond donors (Lipinski definition) is 1. The van der Waals surface area contributed by atoms with Gasteiger partial charge in [-0.05, 0) is 12.1 Å². The minimum atomic E-state index is 0.479. The van der Waals surface area contributed by atoms with Gasteiger partial charge in [-0.2, -0.15) is 5.26 Å². The third-order valence-electron chi connectivity index (χ3n) is 2.21. The van der Waals surface area contributed by atoms with Gasteiger partial charge in [-0.3, -0.25) is 0 Å². The zero-order valence-corrected chi connectivity index (χ0v) is 9.03. The highest BCUT2D eigenvalue weighted by Gasteiger charge is 2.06. The van der Waals surface area contributed by atoms with Crippen molar-refractivity contribution in [3.8, 4) is 11.8 Å². The highest BCUT2D eigenvalue weighted by Crippen LogP contribution is 2.27. The van der Waals surface area contributed by atoms with E-state index < -0.39 is 0 Å². The molecule has 2 N–H and O–H groups in total. The molecule has 0 amide bonds. The number of hydrogen-bond acceptors (Lipinski definition) is 4. The van der Waals surface area contributed by atoms with Gasteiger partial charge in [-0.15, -0.1) is 0 Å². The van der Waals surface area contributed by atoms with Crippen LogP contribution in [0.15, 0.2) is 18.2 Å². The first-order valence-corrected chi connectivity index (χ1v) is 4.70. The lowest BCUT2D eigenvalue weighted by molar-refractivity contribution is 0.415. The van der Waals surface area contributed by atoms with Crippen LogP contribution in [0.25, 0.3) is 0 Å². The number of nitrogens with zero attached hydrogens (tertiary/aromatic N) is 2. The second-order valence-corrected chi connectivity index (χ2v) is 3.25. The SMILES string of the molecule is COc1ccc(N)c(N(C)CCC#N)c1. The molecule has 0 aliphatic carbocycles. The van der Waals surface area contributed by atoms with Crippen molar-refractivity contribution in [2.75, 3.05) is 31.3 Å². The van der Waals surface area contributed by atoms with Gasteiger partial charge in [-0.1, -0.05) is 0 Å². The van der Waals surface area contributed by atoms with E-state index in [1.54, 1.807) is 13.2 Å². The Morgan fingerprint density at radius 2 is 2.27 bits per heavy atom. The summed E-state index contributed by atoms with van der Waals surface area (Å²) in [6.45, 7) is 0.661. The van der Waals surface area contributed by atoms with Gasteiger partial charge in [0.05, 0.1) is 31.0 Å². The Morgan fingerprint density at radius 1 is 1.53 bits per heavy atom. The molecule has 15 heavy (non-hydrogen) atoms. The van der Waals surface area contributed by atoms with E-state index in [1.807, 2.05) is 24.1 Å². The molecule has 0 heterocycles. The van der Waals surface area contributed by atoms with Crippen molar-refractivity contribution in [1.82, 2.24) is 0 Å². The van der Waals surface area contributed by atoms with E-state index in [9.17, 15) is 0 Å². The average Bonchev–Trinajstić information content (AvgIpc) is 2.26. The lowest BCUT2D eigenvalue weighted by atomic mass is 10.2. The molecular formula is C11H15N3O. The van der Waals surface area contributed by atoms with Crippen molar-refractivity contribution >= 4 is 11.4 Å². The summed E-state index contributed by atoms with van der Waals surface area (Å²) in [5.41, 5.74) is 7.42. The van der Waals surface area contributed by atoms with Crippen LogP contribution in [-0.2, 0) is 0 Å². The molecule has 4 heteroatoms. The van der Waals surface area contributed by atoms with E-state index in [-0.39, 0.29) is 0 Å². The van der Waals surface area contributed by atoms with E-state index >= 15 is 0 Å². The third kappa shape index (κ3) is 2.78. The normalized spacial score (nSPS) is 9.40. The van der Waals surface area contributed by atoms with Gasteiger partial charge < -0.3 is 15.4 Å². The molecule has 0 unspecified atom stereocenters. The lowest BCUT2D eigenvalue weighted by Gasteiger charge is -2.20. The lowest BCUT2D eigenvalue weighted by Crippen LogP contribution is -2.19. The molecule has 0 saturated carbocycles. The van der Waals surface area contributed by atoms with Gasteiger partial charge in [0.1, 0.15) is 5.75 Å². The number of methoxy groups -OCH3 is 1. The fourth-order valence-electron chi connectivity index (χ4n) is 1.32. The van der Waals surface area contributed by atoms with Crippen molar-refractivity contribution in [1.29, 1.82) is 5.26 Å². The standard InChI is InChI=1S/C11H15N3O/c1-14(7-3-6-12)11-8-9(15-2)4-5-10(11)13/h4-5,8H,3,7,13H2,1-2H3. The molecule has 1 rings (SSSR count). The highest BCUT2D eigenvalue weighted by atomic mass is 16.5. The van der Waals surface area contributed by atoms with Crippen molar-refractivity contribution < 1.29 is 4.74 Å². The van der Waals surface area contributed by atoms with E-state index in [0.717, 1.165) is 11.4 Å². The number of benzene rings is 1. The Kier molecular flexibility index (Phi) is 3.81. The van der Waals surface area contributed by atoms with E-state index in [0.29, 0.717) is 18.7 Å². The molecule has 0 spiro atoms. The number of rotatable bonds is 4. The number of anilines is 2. The molecule has 1 aromatic rings. The molecule has 0 aliphatic heterocycles. The molecule has 0 atom stereocenters. The number of ether oxygens (including phenoxy) is 1. The molecule has 0 aliphatic rings. The van der Waals surface area contributed by atoms with Crippen LogP contribution >= 0.6 is 0 Å². The molecule has 0 saturated heterocycles. The topological polar surface area (TPSA) is 62.3 Å². The zero-order valence-electron chi connectivity index (χ0n) is 9.03. The van der Waals surface area contributed by atoms with Gasteiger partial charge >= 0.3 is 0 Å². The largest absolute Gasteiger partial charge is 0.497 e. The third-order valence-corrected chi connectivity index (χ3v) is 2.21. The minimum Gasteiger partial charge on any atom is -0.497 e. The predicted molar refractivity (Wildman–Crippen MR) is 60.9 cm³/mol. The highest BCUT2D eigenvalue weighted by molar-refractivity contribution is 5.69. The minimum absolute atomic E-state index is 0.479. The van der Waals surface area contributed by atoms with Gasteiger partial charge in [-0.25, -0.2) is 0 Å². The molecular weight excluding hydrogens is 190 g/mol. The summed E-state index contributed by atoms with van der Waals surface area (Å²) in [5.74, 6) is 0.767. The fraction of sp³-hybridized carbons (Fsp3) is 0.364. The van der Waals surface area contributed by atoms with Crippen LogP contribution in [0.4, 0.5) is 11.4 Å². The second-order valence-electron chi connectivity index (χ2n) is 3.25. The Hall–Kier alpha value is -1.89. The Balaban J connectivity index is 2.87. The van der Waals surface area contributed by atoms with Gasteiger partial charge in [0.15, 0.2) is 0 Å². The van der Waals surface area contributed by atoms with Crippen LogP contribution < -0.4 is 15.4 Å². The number of nitriles is 1. The van der Waals surface area contributed by atoms with E-state index in [4.69, 9.17) is 15.7 Å². The number of nitrogens with two attached hydrogens (primary N) is 1. The van der Waals surface area contributed by atoms with E-state index in [2.05, 4.69) is 6.07 Å².